The van der Waals surface area contributed by atoms with Crippen LogP contribution in [0.5, 0.6) is 0 Å². The Morgan fingerprint density at radius 1 is 1.56 bits per heavy atom. The van der Waals surface area contributed by atoms with Gasteiger partial charge in [0.15, 0.2) is 0 Å². The van der Waals surface area contributed by atoms with Crippen molar-refractivity contribution in [2.24, 2.45) is 0 Å². The lowest BCUT2D eigenvalue weighted by Crippen LogP contribution is -2.14. The van der Waals surface area contributed by atoms with E-state index in [0.29, 0.717) is 10.5 Å². The molecule has 0 saturated carbocycles. The summed E-state index contributed by atoms with van der Waals surface area (Å²) in [5, 5.41) is 1.16. The van der Waals surface area contributed by atoms with Crippen LogP contribution in [-0.2, 0) is 0 Å². The van der Waals surface area contributed by atoms with Crippen LogP contribution in [0.3, 0.4) is 0 Å². The zero-order valence-electron chi connectivity index (χ0n) is 5.87. The summed E-state index contributed by atoms with van der Waals surface area (Å²) >= 11 is 10.4. The Labute approximate surface area is 73.0 Å². The van der Waals surface area contributed by atoms with Crippen LogP contribution in [0.25, 0.3) is 0 Å². The number of rotatable bonds is 4. The van der Waals surface area contributed by atoms with Gasteiger partial charge in [0.05, 0.1) is 0 Å². The van der Waals surface area contributed by atoms with Gasteiger partial charge in [-0.1, -0.05) is 6.92 Å². The van der Waals surface area contributed by atoms with Crippen molar-refractivity contribution < 1.29 is 0 Å². The van der Waals surface area contributed by atoms with E-state index in [9.17, 15) is 0 Å². The first-order valence-electron chi connectivity index (χ1n) is 3.04. The summed E-state index contributed by atoms with van der Waals surface area (Å²) in [7, 11) is 0. The third kappa shape index (κ3) is 4.45. The van der Waals surface area contributed by atoms with Crippen LogP contribution in [0, 0.1) is 0 Å². The molecule has 0 aliphatic rings. The van der Waals surface area contributed by atoms with Crippen molar-refractivity contribution in [3.63, 3.8) is 0 Å². The summed E-state index contributed by atoms with van der Waals surface area (Å²) in [6.45, 7) is 2.13. The van der Waals surface area contributed by atoms with Crippen LogP contribution in [0.15, 0.2) is 0 Å². The van der Waals surface area contributed by atoms with E-state index < -0.39 is 0 Å². The van der Waals surface area contributed by atoms with Gasteiger partial charge in [-0.15, -0.1) is 0 Å². The fourth-order valence-electron chi connectivity index (χ4n) is 0.683. The molecule has 0 nitrogen and oxygen atoms in total. The fraction of sp³-hybridized carbons (Fsp3) is 1.00. The maximum atomic E-state index is 4.35. The first-order valence-corrected chi connectivity index (χ1v) is 5.47. The Morgan fingerprint density at radius 2 is 2.11 bits per heavy atom. The minimum Gasteiger partial charge on any atom is -0.179 e. The molecule has 0 bridgehead atoms. The Hall–Kier alpha value is 1.05. The Morgan fingerprint density at radius 3 is 2.22 bits per heavy atom. The Kier molecular flexibility index (Phi) is 6.48. The molecular formula is C6H14S3. The van der Waals surface area contributed by atoms with Gasteiger partial charge in [-0.25, -0.2) is 0 Å². The van der Waals surface area contributed by atoms with Gasteiger partial charge in [0.2, 0.25) is 0 Å². The largest absolute Gasteiger partial charge is 0.179 e. The zero-order valence-corrected chi connectivity index (χ0v) is 8.48. The van der Waals surface area contributed by atoms with Crippen molar-refractivity contribution in [3.8, 4) is 0 Å². The lowest BCUT2D eigenvalue weighted by Gasteiger charge is -2.15. The average molecular weight is 182 g/mol. The molecule has 0 amide bonds. The minimum atomic E-state index is 0.493. The maximum absolute atomic E-state index is 4.35. The Bertz CT molecular complexity index is 63.3. The molecular weight excluding hydrogens is 168 g/mol. The van der Waals surface area contributed by atoms with E-state index in [1.165, 1.54) is 0 Å². The van der Waals surface area contributed by atoms with Gasteiger partial charge in [0.1, 0.15) is 0 Å². The fourth-order valence-corrected chi connectivity index (χ4v) is 2.40. The molecule has 0 N–H and O–H groups in total. The first kappa shape index (κ1) is 10.0. The van der Waals surface area contributed by atoms with E-state index in [1.54, 1.807) is 0 Å². The normalized spacial score (nSPS) is 17.3. The average Bonchev–Trinajstić information content (AvgIpc) is 1.82. The summed E-state index contributed by atoms with van der Waals surface area (Å²) in [5.74, 6) is 0.969. The molecule has 3 heteroatoms. The molecule has 9 heavy (non-hydrogen) atoms. The topological polar surface area (TPSA) is 0 Å². The number of hydrogen-bond donors (Lipinski definition) is 2. The molecule has 0 radical (unpaired) electrons. The van der Waals surface area contributed by atoms with Gasteiger partial charge in [0.25, 0.3) is 0 Å². The smallest absolute Gasteiger partial charge is 0.0166 e. The van der Waals surface area contributed by atoms with Gasteiger partial charge < -0.3 is 0 Å². The van der Waals surface area contributed by atoms with Gasteiger partial charge in [-0.2, -0.15) is 37.0 Å². The lowest BCUT2D eigenvalue weighted by atomic mass is 10.2. The van der Waals surface area contributed by atoms with Gasteiger partial charge in [-0.3, -0.25) is 0 Å². The molecule has 2 atom stereocenters. The van der Waals surface area contributed by atoms with Crippen LogP contribution in [-0.4, -0.2) is 22.5 Å². The molecule has 0 fully saturated rings. The summed E-state index contributed by atoms with van der Waals surface area (Å²) in [4.78, 5) is 0. The molecule has 56 valence electrons. The highest BCUT2D eigenvalue weighted by Crippen LogP contribution is 2.19. The van der Waals surface area contributed by atoms with Crippen LogP contribution in [0.4, 0.5) is 0 Å². The van der Waals surface area contributed by atoms with Crippen LogP contribution in [0.2, 0.25) is 0 Å². The van der Waals surface area contributed by atoms with Crippen LogP contribution >= 0.6 is 37.0 Å². The predicted octanol–water partition coefficient (Wildman–Crippen LogP) is 2.36. The molecule has 0 aromatic heterocycles. The highest BCUT2D eigenvalue weighted by atomic mass is 32.2. The van der Waals surface area contributed by atoms with Crippen molar-refractivity contribution in [1.29, 1.82) is 0 Å². The molecule has 0 spiro atoms. The van der Waals surface area contributed by atoms with Gasteiger partial charge >= 0.3 is 0 Å². The molecule has 0 rings (SSSR count). The second-order valence-electron chi connectivity index (χ2n) is 2.03. The van der Waals surface area contributed by atoms with E-state index in [-0.39, 0.29) is 0 Å². The van der Waals surface area contributed by atoms with Crippen molar-refractivity contribution in [2.45, 2.75) is 23.8 Å². The van der Waals surface area contributed by atoms with Gasteiger partial charge in [-0.05, 0) is 18.4 Å². The summed E-state index contributed by atoms with van der Waals surface area (Å²) < 4.78 is 0. The number of thiol groups is 2. The maximum Gasteiger partial charge on any atom is 0.0166 e. The summed E-state index contributed by atoms with van der Waals surface area (Å²) in [5.41, 5.74) is 0. The van der Waals surface area contributed by atoms with E-state index in [0.717, 1.165) is 12.2 Å². The second kappa shape index (κ2) is 5.81. The summed E-state index contributed by atoms with van der Waals surface area (Å²) in [6, 6.07) is 0. The van der Waals surface area contributed by atoms with Crippen molar-refractivity contribution in [1.82, 2.24) is 0 Å². The predicted molar refractivity (Wildman–Crippen MR) is 54.2 cm³/mol. The van der Waals surface area contributed by atoms with Crippen LogP contribution < -0.4 is 0 Å². The van der Waals surface area contributed by atoms with Crippen molar-refractivity contribution in [3.05, 3.63) is 0 Å². The van der Waals surface area contributed by atoms with Crippen molar-refractivity contribution >= 4 is 37.0 Å². The second-order valence-corrected chi connectivity index (χ2v) is 4.37. The monoisotopic (exact) mass is 182 g/mol. The molecule has 0 aliphatic heterocycles. The molecule has 0 aromatic rings. The molecule has 2 unspecified atom stereocenters. The third-order valence-electron chi connectivity index (χ3n) is 1.25. The standard InChI is InChI=1S/C6H14S3/c1-5(8)6(9-2)3-4-7/h5-8H,3-4H2,1-2H3. The van der Waals surface area contributed by atoms with E-state index >= 15 is 0 Å². The Balaban J connectivity index is 3.41. The van der Waals surface area contributed by atoms with E-state index in [1.807, 2.05) is 11.8 Å². The SMILES string of the molecule is CSC(CCS)C(C)S. The van der Waals surface area contributed by atoms with E-state index in [4.69, 9.17) is 0 Å². The zero-order chi connectivity index (χ0) is 7.28. The molecule has 0 aromatic carbocycles. The number of hydrogen-bond acceptors (Lipinski definition) is 3. The molecule has 0 heterocycles. The number of thioether (sulfide) groups is 1. The lowest BCUT2D eigenvalue weighted by molar-refractivity contribution is 0.823. The highest BCUT2D eigenvalue weighted by Gasteiger charge is 2.09. The summed E-state index contributed by atoms with van der Waals surface area (Å²) in [6.07, 6.45) is 3.29. The first-order chi connectivity index (χ1) is 4.22. The van der Waals surface area contributed by atoms with Crippen LogP contribution in [0.1, 0.15) is 13.3 Å². The van der Waals surface area contributed by atoms with Gasteiger partial charge in [0, 0.05) is 10.5 Å². The molecule has 0 saturated heterocycles. The van der Waals surface area contributed by atoms with E-state index in [2.05, 4.69) is 38.4 Å². The molecule has 0 aliphatic carbocycles. The van der Waals surface area contributed by atoms with Crippen molar-refractivity contribution in [2.75, 3.05) is 12.0 Å². The third-order valence-corrected chi connectivity index (χ3v) is 3.32. The minimum absolute atomic E-state index is 0.493. The quantitative estimate of drug-likeness (QED) is 0.629. The highest BCUT2D eigenvalue weighted by molar-refractivity contribution is 8.00.